The van der Waals surface area contributed by atoms with E-state index in [4.69, 9.17) is 22.6 Å². The molecule has 10 heteroatoms. The Hall–Kier alpha value is -2.46. The van der Waals surface area contributed by atoms with Gasteiger partial charge in [0.1, 0.15) is 0 Å². The van der Waals surface area contributed by atoms with E-state index in [-0.39, 0.29) is 21.8 Å². The van der Waals surface area contributed by atoms with E-state index in [1.807, 2.05) is 18.2 Å². The molecular formula is C17H23BrN6O2S. The molecule has 7 N–H and O–H groups in total. The fourth-order valence-corrected chi connectivity index (χ4v) is 3.05. The predicted octanol–water partition coefficient (Wildman–Crippen LogP) is 3.92. The number of nitrogens with two attached hydrogens (primary N) is 3. The zero-order valence-corrected chi connectivity index (χ0v) is 17.5. The van der Waals surface area contributed by atoms with Crippen LogP contribution in [0.25, 0.3) is 0 Å². The molecule has 146 valence electrons. The molecule has 0 aliphatic carbocycles. The van der Waals surface area contributed by atoms with E-state index in [0.29, 0.717) is 15.8 Å². The molecule has 0 saturated carbocycles. The van der Waals surface area contributed by atoms with Gasteiger partial charge in [-0.1, -0.05) is 0 Å². The minimum Gasteiger partial charge on any atom is -0.397 e. The van der Waals surface area contributed by atoms with Crippen molar-refractivity contribution in [1.29, 1.82) is 5.41 Å². The van der Waals surface area contributed by atoms with Crippen LogP contribution in [0.1, 0.15) is 19.4 Å². The largest absolute Gasteiger partial charge is 0.397 e. The lowest BCUT2D eigenvalue weighted by Crippen LogP contribution is -2.21. The normalized spacial score (nSPS) is 9.93. The van der Waals surface area contributed by atoms with E-state index in [1.165, 1.54) is 6.07 Å². The minimum absolute atomic E-state index is 0.103. The maximum Gasteiger partial charge on any atom is 0.284 e. The van der Waals surface area contributed by atoms with E-state index in [0.717, 1.165) is 25.0 Å². The van der Waals surface area contributed by atoms with Crippen LogP contribution in [0.15, 0.2) is 33.6 Å². The maximum absolute atomic E-state index is 10.6. The third-order valence-electron chi connectivity index (χ3n) is 3.85. The fraction of sp³-hybridized carbons (Fsp3) is 0.235. The Balaban J connectivity index is 0.000000271. The molecule has 8 nitrogen and oxygen atoms in total. The monoisotopic (exact) mass is 454 g/mol. The quantitative estimate of drug-likeness (QED) is 0.152. The minimum atomic E-state index is -0.570. The molecule has 0 aromatic heterocycles. The van der Waals surface area contributed by atoms with Crippen molar-refractivity contribution in [3.8, 4) is 0 Å². The second kappa shape index (κ2) is 10.0. The van der Waals surface area contributed by atoms with Gasteiger partial charge >= 0.3 is 0 Å². The Morgan fingerprint density at radius 1 is 1.22 bits per heavy atom. The molecular weight excluding hydrogens is 432 g/mol. The second-order valence-corrected chi connectivity index (χ2v) is 6.74. The number of nitro benzene ring substituents is 1. The maximum atomic E-state index is 10.6. The summed E-state index contributed by atoms with van der Waals surface area (Å²) in [5.41, 5.74) is 19.7. The molecule has 0 radical (unpaired) electrons. The molecule has 27 heavy (non-hydrogen) atoms. The van der Waals surface area contributed by atoms with Crippen LogP contribution < -0.4 is 22.1 Å². The van der Waals surface area contributed by atoms with E-state index in [9.17, 15) is 10.1 Å². The SMILES string of the molecule is CCN(CC)c1ccc(N)c(N)c1.N=Cc1c(N)c(Br)cc([N+](=O)[O-])c1S. The van der Waals surface area contributed by atoms with Gasteiger partial charge in [0.25, 0.3) is 5.69 Å². The van der Waals surface area contributed by atoms with Crippen molar-refractivity contribution in [2.75, 3.05) is 35.2 Å². The summed E-state index contributed by atoms with van der Waals surface area (Å²) in [6, 6.07) is 7.04. The average Bonchev–Trinajstić information content (AvgIpc) is 2.63. The molecule has 0 atom stereocenters. The van der Waals surface area contributed by atoms with Crippen LogP contribution in [0.5, 0.6) is 0 Å². The number of hydrogen-bond donors (Lipinski definition) is 5. The summed E-state index contributed by atoms with van der Waals surface area (Å²) < 4.78 is 0.389. The molecule has 2 rings (SSSR count). The zero-order chi connectivity index (χ0) is 20.7. The average molecular weight is 455 g/mol. The van der Waals surface area contributed by atoms with Crippen LogP contribution in [0.2, 0.25) is 0 Å². The number of nitrogens with one attached hydrogen (secondary N) is 1. The number of rotatable bonds is 5. The predicted molar refractivity (Wildman–Crippen MR) is 119 cm³/mol. The number of halogens is 1. The molecule has 0 heterocycles. The van der Waals surface area contributed by atoms with Gasteiger partial charge in [0.2, 0.25) is 0 Å². The Labute approximate surface area is 171 Å². The number of nitro groups is 1. The highest BCUT2D eigenvalue weighted by atomic mass is 79.9. The lowest BCUT2D eigenvalue weighted by Gasteiger charge is -2.21. The first-order chi connectivity index (χ1) is 12.7. The van der Waals surface area contributed by atoms with Crippen molar-refractivity contribution in [3.05, 3.63) is 44.4 Å². The Kier molecular flexibility index (Phi) is 8.38. The highest BCUT2D eigenvalue weighted by Gasteiger charge is 2.18. The molecule has 0 aliphatic heterocycles. The Morgan fingerprint density at radius 2 is 1.81 bits per heavy atom. The van der Waals surface area contributed by atoms with Crippen LogP contribution in [0.3, 0.4) is 0 Å². The molecule has 0 bridgehead atoms. The third-order valence-corrected chi connectivity index (χ3v) is 4.97. The summed E-state index contributed by atoms with van der Waals surface area (Å²) in [5, 5.41) is 17.6. The number of nitrogens with zero attached hydrogens (tertiary/aromatic N) is 2. The lowest BCUT2D eigenvalue weighted by atomic mass is 10.1. The number of anilines is 4. The van der Waals surface area contributed by atoms with Gasteiger partial charge in [0, 0.05) is 41.1 Å². The van der Waals surface area contributed by atoms with Gasteiger partial charge in [-0.3, -0.25) is 10.1 Å². The van der Waals surface area contributed by atoms with Gasteiger partial charge in [-0.25, -0.2) is 0 Å². The van der Waals surface area contributed by atoms with Crippen molar-refractivity contribution in [2.45, 2.75) is 18.7 Å². The number of benzene rings is 2. The third kappa shape index (κ3) is 5.51. The summed E-state index contributed by atoms with van der Waals surface area (Å²) in [7, 11) is 0. The topological polar surface area (TPSA) is 148 Å². The standard InChI is InChI=1S/C10H17N3.C7H6BrN3O2S/c1-3-13(4-2)8-5-6-9(11)10(12)7-8;8-4-1-5(11(12)13)7(14)3(2-9)6(4)10/h5-7H,3-4,11-12H2,1-2H3;1-2,9,14H,10H2. The summed E-state index contributed by atoms with van der Waals surface area (Å²) in [6.45, 7) is 6.21. The molecule has 0 spiro atoms. The summed E-state index contributed by atoms with van der Waals surface area (Å²) in [4.78, 5) is 12.3. The number of thiol groups is 1. The van der Waals surface area contributed by atoms with Crippen LogP contribution in [-0.2, 0) is 0 Å². The highest BCUT2D eigenvalue weighted by molar-refractivity contribution is 9.10. The molecule has 0 saturated heterocycles. The van der Waals surface area contributed by atoms with Crippen molar-refractivity contribution < 1.29 is 4.92 Å². The molecule has 0 unspecified atom stereocenters. The zero-order valence-electron chi connectivity index (χ0n) is 15.1. The molecule has 0 fully saturated rings. The van der Waals surface area contributed by atoms with Gasteiger partial charge < -0.3 is 27.5 Å². The van der Waals surface area contributed by atoms with Gasteiger partial charge in [-0.05, 0) is 48.0 Å². The van der Waals surface area contributed by atoms with Crippen molar-refractivity contribution >= 4 is 63.2 Å². The summed E-state index contributed by atoms with van der Waals surface area (Å²) >= 11 is 7.03. The van der Waals surface area contributed by atoms with Crippen molar-refractivity contribution in [2.24, 2.45) is 0 Å². The van der Waals surface area contributed by atoms with E-state index in [1.54, 1.807) is 0 Å². The summed E-state index contributed by atoms with van der Waals surface area (Å²) in [6.07, 6.45) is 0.940. The number of hydrogen-bond acceptors (Lipinski definition) is 8. The smallest absolute Gasteiger partial charge is 0.284 e. The van der Waals surface area contributed by atoms with Crippen LogP contribution in [-0.4, -0.2) is 24.2 Å². The van der Waals surface area contributed by atoms with Crippen molar-refractivity contribution in [1.82, 2.24) is 0 Å². The van der Waals surface area contributed by atoms with Crippen molar-refractivity contribution in [3.63, 3.8) is 0 Å². The highest BCUT2D eigenvalue weighted by Crippen LogP contribution is 2.35. The van der Waals surface area contributed by atoms with Gasteiger partial charge in [0.15, 0.2) is 0 Å². The first-order valence-electron chi connectivity index (χ1n) is 8.03. The van der Waals surface area contributed by atoms with Crippen LogP contribution in [0.4, 0.5) is 28.4 Å². The summed E-state index contributed by atoms with van der Waals surface area (Å²) in [5.74, 6) is 0. The van der Waals surface area contributed by atoms with Crippen LogP contribution in [0, 0.1) is 15.5 Å². The molecule has 2 aromatic rings. The van der Waals surface area contributed by atoms with E-state index in [2.05, 4.69) is 47.3 Å². The van der Waals surface area contributed by atoms with Gasteiger partial charge in [-0.15, -0.1) is 12.6 Å². The molecule has 2 aromatic carbocycles. The van der Waals surface area contributed by atoms with Crippen LogP contribution >= 0.6 is 28.6 Å². The molecule has 0 aliphatic rings. The molecule has 0 amide bonds. The van der Waals surface area contributed by atoms with E-state index < -0.39 is 4.92 Å². The first-order valence-corrected chi connectivity index (χ1v) is 9.27. The number of nitrogen functional groups attached to an aromatic ring is 3. The Bertz CT molecular complexity index is 843. The Morgan fingerprint density at radius 3 is 2.26 bits per heavy atom. The van der Waals surface area contributed by atoms with Gasteiger partial charge in [-0.2, -0.15) is 0 Å². The first kappa shape index (κ1) is 22.6. The fourth-order valence-electron chi connectivity index (χ4n) is 2.29. The van der Waals surface area contributed by atoms with Gasteiger partial charge in [0.05, 0.1) is 26.9 Å². The van der Waals surface area contributed by atoms with E-state index >= 15 is 0 Å². The lowest BCUT2D eigenvalue weighted by molar-refractivity contribution is -0.387. The second-order valence-electron chi connectivity index (χ2n) is 5.44.